The number of nitrogens with one attached hydrogen (secondary N) is 2. The molecule has 2 N–H and O–H groups in total. The number of ether oxygens (including phenoxy) is 1. The van der Waals surface area contributed by atoms with Gasteiger partial charge in [-0.15, -0.1) is 0 Å². The highest BCUT2D eigenvalue weighted by molar-refractivity contribution is 8.00. The Morgan fingerprint density at radius 1 is 1.30 bits per heavy atom. The first-order valence-electron chi connectivity index (χ1n) is 8.85. The highest BCUT2D eigenvalue weighted by Gasteiger charge is 2.20. The number of thioether (sulfide) groups is 2. The molecule has 8 heteroatoms. The number of rotatable bonds is 10. The van der Waals surface area contributed by atoms with E-state index in [4.69, 9.17) is 4.74 Å². The Bertz CT molecular complexity index is 794. The molecule has 6 nitrogen and oxygen atoms in total. The van der Waals surface area contributed by atoms with Crippen LogP contribution in [0, 0.1) is 0 Å². The van der Waals surface area contributed by atoms with Crippen molar-refractivity contribution < 1.29 is 9.53 Å². The Labute approximate surface area is 167 Å². The number of hydrogen-bond acceptors (Lipinski definition) is 6. The lowest BCUT2D eigenvalue weighted by atomic mass is 10.2. The SMILES string of the molecule is CCCSCc1cc(=O)[nH]c(SC(CC)C(=O)Nc2ccc(OC)cc2)n1. The van der Waals surface area contributed by atoms with E-state index in [9.17, 15) is 9.59 Å². The summed E-state index contributed by atoms with van der Waals surface area (Å²) in [5, 5.41) is 3.02. The Kier molecular flexibility index (Phi) is 8.74. The van der Waals surface area contributed by atoms with Crippen molar-refractivity contribution in [1.29, 1.82) is 0 Å². The van der Waals surface area contributed by atoms with E-state index in [0.717, 1.165) is 23.6 Å². The van der Waals surface area contributed by atoms with Gasteiger partial charge in [0.05, 0.1) is 18.1 Å². The number of H-pyrrole nitrogens is 1. The van der Waals surface area contributed by atoms with Crippen molar-refractivity contribution in [2.24, 2.45) is 0 Å². The zero-order chi connectivity index (χ0) is 19.6. The van der Waals surface area contributed by atoms with Gasteiger partial charge in [0.1, 0.15) is 5.75 Å². The molecule has 146 valence electrons. The van der Waals surface area contributed by atoms with Crippen molar-refractivity contribution in [2.75, 3.05) is 18.2 Å². The van der Waals surface area contributed by atoms with Crippen LogP contribution in [0.25, 0.3) is 0 Å². The van der Waals surface area contributed by atoms with Crippen LogP contribution in [-0.2, 0) is 10.5 Å². The molecule has 0 bridgehead atoms. The summed E-state index contributed by atoms with van der Waals surface area (Å²) in [4.78, 5) is 31.7. The van der Waals surface area contributed by atoms with E-state index in [1.165, 1.54) is 17.8 Å². The van der Waals surface area contributed by atoms with Crippen LogP contribution in [0.3, 0.4) is 0 Å². The summed E-state index contributed by atoms with van der Waals surface area (Å²) in [5.41, 5.74) is 1.25. The van der Waals surface area contributed by atoms with Crippen molar-refractivity contribution >= 4 is 35.1 Å². The predicted octanol–water partition coefficient (Wildman–Crippen LogP) is 3.93. The minimum Gasteiger partial charge on any atom is -0.497 e. The third kappa shape index (κ3) is 6.95. The molecule has 0 saturated carbocycles. The zero-order valence-corrected chi connectivity index (χ0v) is 17.4. The number of carbonyl (C=O) groups excluding carboxylic acids is 1. The second kappa shape index (κ2) is 11.0. The third-order valence-corrected chi connectivity index (χ3v) is 6.09. The highest BCUT2D eigenvalue weighted by Crippen LogP contribution is 2.24. The van der Waals surface area contributed by atoms with E-state index < -0.39 is 0 Å². The molecule has 0 saturated heterocycles. The van der Waals surface area contributed by atoms with Crippen LogP contribution in [0.5, 0.6) is 5.75 Å². The van der Waals surface area contributed by atoms with Gasteiger partial charge in [-0.3, -0.25) is 9.59 Å². The standard InChI is InChI=1S/C19H25N3O3S2/c1-4-10-26-12-14-11-17(23)22-19(21-14)27-16(5-2)18(24)20-13-6-8-15(25-3)9-7-13/h6-9,11,16H,4-5,10,12H2,1-3H3,(H,20,24)(H,21,22,23). The number of aromatic amines is 1. The molecule has 1 aromatic heterocycles. The summed E-state index contributed by atoms with van der Waals surface area (Å²) in [6.07, 6.45) is 1.70. The first-order chi connectivity index (χ1) is 13.0. The van der Waals surface area contributed by atoms with Crippen molar-refractivity contribution in [2.45, 2.75) is 42.8 Å². The summed E-state index contributed by atoms with van der Waals surface area (Å²) >= 11 is 3.02. The van der Waals surface area contributed by atoms with Gasteiger partial charge in [-0.1, -0.05) is 25.6 Å². The monoisotopic (exact) mass is 407 g/mol. The van der Waals surface area contributed by atoms with Crippen molar-refractivity contribution in [1.82, 2.24) is 9.97 Å². The fraction of sp³-hybridized carbons (Fsp3) is 0.421. The second-order valence-corrected chi connectivity index (χ2v) is 8.12. The predicted molar refractivity (Wildman–Crippen MR) is 113 cm³/mol. The normalized spacial score (nSPS) is 11.8. The molecule has 27 heavy (non-hydrogen) atoms. The van der Waals surface area contributed by atoms with Gasteiger partial charge in [0, 0.05) is 17.5 Å². The summed E-state index contributed by atoms with van der Waals surface area (Å²) in [5.74, 6) is 2.33. The lowest BCUT2D eigenvalue weighted by Crippen LogP contribution is -2.25. The van der Waals surface area contributed by atoms with Crippen LogP contribution in [0.4, 0.5) is 5.69 Å². The summed E-state index contributed by atoms with van der Waals surface area (Å²) in [6, 6.07) is 8.69. The number of methoxy groups -OCH3 is 1. The van der Waals surface area contributed by atoms with Crippen molar-refractivity contribution in [3.8, 4) is 5.75 Å². The number of anilines is 1. The average molecular weight is 408 g/mol. The molecule has 0 aliphatic rings. The molecule has 0 radical (unpaired) electrons. The van der Waals surface area contributed by atoms with Gasteiger partial charge in [-0.05, 0) is 42.9 Å². The molecule has 0 spiro atoms. The van der Waals surface area contributed by atoms with Crippen LogP contribution >= 0.6 is 23.5 Å². The van der Waals surface area contributed by atoms with Gasteiger partial charge in [0.15, 0.2) is 5.16 Å². The molecule has 1 amide bonds. The van der Waals surface area contributed by atoms with Gasteiger partial charge in [0.2, 0.25) is 5.91 Å². The van der Waals surface area contributed by atoms with E-state index in [1.807, 2.05) is 6.92 Å². The van der Waals surface area contributed by atoms with E-state index in [2.05, 4.69) is 22.2 Å². The van der Waals surface area contributed by atoms with Crippen LogP contribution in [-0.4, -0.2) is 34.0 Å². The van der Waals surface area contributed by atoms with Crippen molar-refractivity contribution in [3.05, 3.63) is 46.4 Å². The van der Waals surface area contributed by atoms with Crippen LogP contribution in [0.1, 0.15) is 32.4 Å². The van der Waals surface area contributed by atoms with Gasteiger partial charge < -0.3 is 15.0 Å². The number of nitrogens with zero attached hydrogens (tertiary/aromatic N) is 1. The fourth-order valence-corrected chi connectivity index (χ4v) is 4.01. The summed E-state index contributed by atoms with van der Waals surface area (Å²) < 4.78 is 5.12. The maximum absolute atomic E-state index is 12.6. The van der Waals surface area contributed by atoms with E-state index >= 15 is 0 Å². The maximum Gasteiger partial charge on any atom is 0.251 e. The Morgan fingerprint density at radius 3 is 2.67 bits per heavy atom. The Morgan fingerprint density at radius 2 is 2.04 bits per heavy atom. The first-order valence-corrected chi connectivity index (χ1v) is 10.9. The number of hydrogen-bond donors (Lipinski definition) is 2. The molecule has 1 aromatic carbocycles. The largest absolute Gasteiger partial charge is 0.497 e. The molecule has 1 atom stereocenters. The van der Waals surface area contributed by atoms with Crippen LogP contribution in [0.15, 0.2) is 40.3 Å². The molecule has 0 fully saturated rings. The Hall–Kier alpha value is -1.93. The van der Waals surface area contributed by atoms with E-state index in [1.54, 1.807) is 43.1 Å². The molecule has 0 aliphatic carbocycles. The summed E-state index contributed by atoms with van der Waals surface area (Å²) in [6.45, 7) is 4.05. The van der Waals surface area contributed by atoms with Gasteiger partial charge in [-0.25, -0.2) is 4.98 Å². The van der Waals surface area contributed by atoms with Gasteiger partial charge in [-0.2, -0.15) is 11.8 Å². The molecule has 2 aromatic rings. The van der Waals surface area contributed by atoms with Gasteiger partial charge >= 0.3 is 0 Å². The molecule has 1 heterocycles. The average Bonchev–Trinajstić information content (AvgIpc) is 2.66. The quantitative estimate of drug-likeness (QED) is 0.353. The van der Waals surface area contributed by atoms with Crippen LogP contribution < -0.4 is 15.6 Å². The molecule has 1 unspecified atom stereocenters. The zero-order valence-electron chi connectivity index (χ0n) is 15.8. The molecule has 0 aliphatic heterocycles. The second-order valence-electron chi connectivity index (χ2n) is 5.83. The summed E-state index contributed by atoms with van der Waals surface area (Å²) in [7, 11) is 1.60. The Balaban J connectivity index is 2.04. The number of carbonyl (C=O) groups is 1. The van der Waals surface area contributed by atoms with E-state index in [-0.39, 0.29) is 16.7 Å². The smallest absolute Gasteiger partial charge is 0.251 e. The van der Waals surface area contributed by atoms with Crippen LogP contribution in [0.2, 0.25) is 0 Å². The maximum atomic E-state index is 12.6. The topological polar surface area (TPSA) is 84.1 Å². The first kappa shape index (κ1) is 21.4. The third-order valence-electron chi connectivity index (χ3n) is 3.65. The number of benzene rings is 1. The highest BCUT2D eigenvalue weighted by atomic mass is 32.2. The van der Waals surface area contributed by atoms with Crippen molar-refractivity contribution in [3.63, 3.8) is 0 Å². The number of aromatic nitrogens is 2. The molecular weight excluding hydrogens is 382 g/mol. The van der Waals surface area contributed by atoms with E-state index in [0.29, 0.717) is 23.0 Å². The lowest BCUT2D eigenvalue weighted by molar-refractivity contribution is -0.115. The fourth-order valence-electron chi connectivity index (χ4n) is 2.29. The lowest BCUT2D eigenvalue weighted by Gasteiger charge is -2.14. The molecule has 2 rings (SSSR count). The molecular formula is C19H25N3O3S2. The van der Waals surface area contributed by atoms with Gasteiger partial charge in [0.25, 0.3) is 5.56 Å². The minimum atomic E-state index is -0.353. The minimum absolute atomic E-state index is 0.124. The number of amides is 1.